The first kappa shape index (κ1) is 10.1. The van der Waals surface area contributed by atoms with Gasteiger partial charge in [-0.15, -0.1) is 0 Å². The van der Waals surface area contributed by atoms with Gasteiger partial charge >= 0.3 is 0 Å². The number of nitrogens with one attached hydrogen (secondary N) is 1. The molecule has 0 radical (unpaired) electrons. The molecule has 0 aromatic carbocycles. The second-order valence-corrected chi connectivity index (χ2v) is 6.06. The Kier molecular flexibility index (Phi) is 2.73. The predicted octanol–water partition coefficient (Wildman–Crippen LogP) is 1.57. The number of rotatable bonds is 2. The minimum absolute atomic E-state index is 0.976. The highest BCUT2D eigenvalue weighted by Gasteiger charge is 2.44. The molecular formula is C13H24N2. The zero-order valence-electron chi connectivity index (χ0n) is 9.91. The molecular weight excluding hydrogens is 184 g/mol. The monoisotopic (exact) mass is 208 g/mol. The lowest BCUT2D eigenvalue weighted by Gasteiger charge is -2.52. The van der Waals surface area contributed by atoms with Crippen LogP contribution in [0.5, 0.6) is 0 Å². The van der Waals surface area contributed by atoms with E-state index in [4.69, 9.17) is 0 Å². The molecule has 1 aliphatic carbocycles. The second-order valence-electron chi connectivity index (χ2n) is 6.06. The number of nitrogens with zero attached hydrogens (tertiary/aromatic N) is 1. The van der Waals surface area contributed by atoms with Crippen molar-refractivity contribution >= 4 is 0 Å². The van der Waals surface area contributed by atoms with Crippen molar-refractivity contribution < 1.29 is 0 Å². The summed E-state index contributed by atoms with van der Waals surface area (Å²) in [6, 6.07) is 0. The van der Waals surface area contributed by atoms with Gasteiger partial charge in [0, 0.05) is 6.54 Å². The first-order valence-corrected chi connectivity index (χ1v) is 6.76. The van der Waals surface area contributed by atoms with Crippen LogP contribution in [0.3, 0.4) is 0 Å². The van der Waals surface area contributed by atoms with Gasteiger partial charge in [0.15, 0.2) is 0 Å². The third-order valence-corrected chi connectivity index (χ3v) is 4.97. The molecule has 1 N–H and O–H groups in total. The van der Waals surface area contributed by atoms with Gasteiger partial charge in [0.05, 0.1) is 0 Å². The minimum Gasteiger partial charge on any atom is -0.316 e. The predicted molar refractivity (Wildman–Crippen MR) is 62.8 cm³/mol. The van der Waals surface area contributed by atoms with Crippen LogP contribution in [0.4, 0.5) is 0 Å². The zero-order valence-corrected chi connectivity index (χ0v) is 9.91. The molecule has 0 aromatic rings. The van der Waals surface area contributed by atoms with E-state index < -0.39 is 0 Å². The summed E-state index contributed by atoms with van der Waals surface area (Å²) in [6.07, 6.45) is 4.38. The van der Waals surface area contributed by atoms with Crippen LogP contribution >= 0.6 is 0 Å². The lowest BCUT2D eigenvalue weighted by atomic mass is 9.62. The maximum absolute atomic E-state index is 3.54. The maximum Gasteiger partial charge on any atom is 0.00159 e. The molecule has 1 saturated carbocycles. The minimum atomic E-state index is 0.976. The number of fused-ring (bicyclic) bond motifs is 2. The van der Waals surface area contributed by atoms with Gasteiger partial charge in [-0.3, -0.25) is 0 Å². The first-order valence-electron chi connectivity index (χ1n) is 6.76. The summed E-state index contributed by atoms with van der Waals surface area (Å²) in [4.78, 5) is 2.73. The van der Waals surface area contributed by atoms with Crippen LogP contribution < -0.4 is 5.32 Å². The molecule has 86 valence electrons. The van der Waals surface area contributed by atoms with Crippen LogP contribution in [0.15, 0.2) is 0 Å². The van der Waals surface area contributed by atoms with Crippen LogP contribution in [-0.4, -0.2) is 37.6 Å². The van der Waals surface area contributed by atoms with E-state index in [1.807, 2.05) is 0 Å². The van der Waals surface area contributed by atoms with E-state index in [9.17, 15) is 0 Å². The fourth-order valence-electron chi connectivity index (χ4n) is 3.69. The molecule has 3 aliphatic rings. The van der Waals surface area contributed by atoms with Crippen LogP contribution in [0.1, 0.15) is 26.2 Å². The summed E-state index contributed by atoms with van der Waals surface area (Å²) in [5, 5.41) is 3.54. The molecule has 0 spiro atoms. The molecule has 2 heteroatoms. The van der Waals surface area contributed by atoms with Crippen molar-refractivity contribution in [3.05, 3.63) is 0 Å². The number of hydrogen-bond donors (Lipinski definition) is 1. The number of piperidine rings is 3. The third kappa shape index (κ3) is 1.94. The van der Waals surface area contributed by atoms with Gasteiger partial charge in [-0.2, -0.15) is 0 Å². The zero-order chi connectivity index (χ0) is 10.3. The fourth-order valence-corrected chi connectivity index (χ4v) is 3.69. The molecule has 0 aromatic heterocycles. The summed E-state index contributed by atoms with van der Waals surface area (Å²) < 4.78 is 0. The van der Waals surface area contributed by atoms with Crippen molar-refractivity contribution in [3.8, 4) is 0 Å². The van der Waals surface area contributed by atoms with Crippen molar-refractivity contribution in [2.75, 3.05) is 32.7 Å². The molecule has 2 atom stereocenters. The molecule has 0 amide bonds. The largest absolute Gasteiger partial charge is 0.316 e. The quantitative estimate of drug-likeness (QED) is 0.741. The Bertz CT molecular complexity index is 207. The van der Waals surface area contributed by atoms with Crippen molar-refractivity contribution in [2.24, 2.45) is 23.7 Å². The van der Waals surface area contributed by atoms with Gasteiger partial charge in [-0.1, -0.05) is 6.92 Å². The first-order chi connectivity index (χ1) is 7.33. The average molecular weight is 208 g/mol. The van der Waals surface area contributed by atoms with Gasteiger partial charge in [0.2, 0.25) is 0 Å². The Morgan fingerprint density at radius 1 is 1.13 bits per heavy atom. The van der Waals surface area contributed by atoms with E-state index in [-0.39, 0.29) is 0 Å². The third-order valence-electron chi connectivity index (χ3n) is 4.97. The van der Waals surface area contributed by atoms with E-state index in [0.717, 1.165) is 23.7 Å². The van der Waals surface area contributed by atoms with Crippen LogP contribution in [0.2, 0.25) is 0 Å². The van der Waals surface area contributed by atoms with Crippen molar-refractivity contribution in [1.82, 2.24) is 10.2 Å². The standard InChI is InChI=1S/C13H24N2/c1-10-2-4-15(5-3-10)9-13-11-6-12(13)8-14-7-11/h10-14H,2-9H2,1H3. The summed E-state index contributed by atoms with van der Waals surface area (Å²) in [7, 11) is 0. The van der Waals surface area contributed by atoms with Crippen LogP contribution in [0.25, 0.3) is 0 Å². The average Bonchev–Trinajstić information content (AvgIpc) is 2.29. The SMILES string of the molecule is CC1CCN(CC2C3CNCC2C3)CC1. The Morgan fingerprint density at radius 3 is 2.40 bits per heavy atom. The summed E-state index contributed by atoms with van der Waals surface area (Å²) >= 11 is 0. The molecule has 2 bridgehead atoms. The normalized spacial score (nSPS) is 42.6. The molecule has 3 rings (SSSR count). The Morgan fingerprint density at radius 2 is 1.80 bits per heavy atom. The molecule has 2 nitrogen and oxygen atoms in total. The molecule has 3 fully saturated rings. The molecule has 15 heavy (non-hydrogen) atoms. The van der Waals surface area contributed by atoms with Crippen molar-refractivity contribution in [1.29, 1.82) is 0 Å². The Balaban J connectivity index is 1.49. The fraction of sp³-hybridized carbons (Fsp3) is 1.00. The summed E-state index contributed by atoms with van der Waals surface area (Å²) in [6.45, 7) is 9.13. The van der Waals surface area contributed by atoms with Crippen LogP contribution in [0, 0.1) is 23.7 Å². The van der Waals surface area contributed by atoms with Crippen LogP contribution in [-0.2, 0) is 0 Å². The highest BCUT2D eigenvalue weighted by molar-refractivity contribution is 4.97. The summed E-state index contributed by atoms with van der Waals surface area (Å²) in [5.74, 6) is 4.05. The highest BCUT2D eigenvalue weighted by Crippen LogP contribution is 2.43. The molecule has 2 unspecified atom stereocenters. The lowest BCUT2D eigenvalue weighted by Crippen LogP contribution is -2.57. The molecule has 2 heterocycles. The van der Waals surface area contributed by atoms with E-state index in [1.54, 1.807) is 0 Å². The van der Waals surface area contributed by atoms with Gasteiger partial charge in [0.1, 0.15) is 0 Å². The van der Waals surface area contributed by atoms with E-state index in [2.05, 4.69) is 17.1 Å². The van der Waals surface area contributed by atoms with E-state index in [0.29, 0.717) is 0 Å². The summed E-state index contributed by atoms with van der Waals surface area (Å²) in [5.41, 5.74) is 0. The molecule has 2 saturated heterocycles. The number of likely N-dealkylation sites (tertiary alicyclic amines) is 1. The smallest absolute Gasteiger partial charge is 0.00159 e. The van der Waals surface area contributed by atoms with E-state index in [1.165, 1.54) is 52.0 Å². The topological polar surface area (TPSA) is 15.3 Å². The molecule has 2 aliphatic heterocycles. The van der Waals surface area contributed by atoms with Gasteiger partial charge in [-0.05, 0) is 69.1 Å². The van der Waals surface area contributed by atoms with Gasteiger partial charge in [0.25, 0.3) is 0 Å². The van der Waals surface area contributed by atoms with Crippen molar-refractivity contribution in [2.45, 2.75) is 26.2 Å². The van der Waals surface area contributed by atoms with E-state index >= 15 is 0 Å². The lowest BCUT2D eigenvalue weighted by molar-refractivity contribution is -0.00267. The second kappa shape index (κ2) is 4.06. The maximum atomic E-state index is 3.54. The number of hydrogen-bond acceptors (Lipinski definition) is 2. The van der Waals surface area contributed by atoms with Gasteiger partial charge < -0.3 is 10.2 Å². The Hall–Kier alpha value is -0.0800. The van der Waals surface area contributed by atoms with Crippen molar-refractivity contribution in [3.63, 3.8) is 0 Å². The van der Waals surface area contributed by atoms with Gasteiger partial charge in [-0.25, -0.2) is 0 Å². The highest BCUT2D eigenvalue weighted by atomic mass is 15.1. The Labute approximate surface area is 93.4 Å².